The van der Waals surface area contributed by atoms with Crippen LogP contribution in [-0.2, 0) is 4.79 Å². The van der Waals surface area contributed by atoms with Gasteiger partial charge >= 0.3 is 0 Å². The lowest BCUT2D eigenvalue weighted by Gasteiger charge is -2.11. The summed E-state index contributed by atoms with van der Waals surface area (Å²) in [6.45, 7) is 4.01. The fourth-order valence-electron chi connectivity index (χ4n) is 1.81. The molecular weight excluding hydrogens is 307 g/mol. The van der Waals surface area contributed by atoms with Crippen LogP contribution in [-0.4, -0.2) is 12.5 Å². The van der Waals surface area contributed by atoms with Gasteiger partial charge in [-0.2, -0.15) is 0 Å². The molecule has 0 aliphatic heterocycles. The number of carbonyl (C=O) groups excluding carboxylic acids is 1. The van der Waals surface area contributed by atoms with Gasteiger partial charge in [-0.15, -0.1) is 0 Å². The summed E-state index contributed by atoms with van der Waals surface area (Å²) < 4.78 is 0. The Kier molecular flexibility index (Phi) is 5.10. The smallest absolute Gasteiger partial charge is 0.243 e. The maximum Gasteiger partial charge on any atom is 0.243 e. The van der Waals surface area contributed by atoms with Crippen LogP contribution >= 0.6 is 23.2 Å². The monoisotopic (exact) mass is 322 g/mol. The molecule has 21 heavy (non-hydrogen) atoms. The molecule has 3 nitrogen and oxygen atoms in total. The second-order valence-corrected chi connectivity index (χ2v) is 5.67. The van der Waals surface area contributed by atoms with Gasteiger partial charge in [0.1, 0.15) is 0 Å². The molecule has 0 atom stereocenters. The van der Waals surface area contributed by atoms with Gasteiger partial charge in [-0.25, -0.2) is 0 Å². The van der Waals surface area contributed by atoms with Crippen molar-refractivity contribution in [3.63, 3.8) is 0 Å². The Hall–Kier alpha value is -1.71. The predicted molar refractivity (Wildman–Crippen MR) is 89.5 cm³/mol. The lowest BCUT2D eigenvalue weighted by molar-refractivity contribution is -0.114. The van der Waals surface area contributed by atoms with Crippen LogP contribution in [0.2, 0.25) is 10.0 Å². The number of anilines is 2. The Morgan fingerprint density at radius 3 is 2.48 bits per heavy atom. The minimum atomic E-state index is -0.142. The van der Waals surface area contributed by atoms with E-state index in [1.54, 1.807) is 18.2 Å². The molecule has 1 amide bonds. The van der Waals surface area contributed by atoms with Crippen LogP contribution in [0.4, 0.5) is 11.4 Å². The second-order valence-electron chi connectivity index (χ2n) is 4.82. The summed E-state index contributed by atoms with van der Waals surface area (Å²) in [6, 6.07) is 11.0. The summed E-state index contributed by atoms with van der Waals surface area (Å²) >= 11 is 12.0. The van der Waals surface area contributed by atoms with E-state index in [-0.39, 0.29) is 12.5 Å². The fraction of sp³-hybridized carbons (Fsp3) is 0.188. The number of aryl methyl sites for hydroxylation is 2. The van der Waals surface area contributed by atoms with Crippen molar-refractivity contribution in [1.82, 2.24) is 0 Å². The third-order valence-electron chi connectivity index (χ3n) is 3.10. The topological polar surface area (TPSA) is 41.1 Å². The van der Waals surface area contributed by atoms with Gasteiger partial charge in [0.15, 0.2) is 0 Å². The zero-order valence-corrected chi connectivity index (χ0v) is 13.3. The van der Waals surface area contributed by atoms with Gasteiger partial charge < -0.3 is 10.6 Å². The van der Waals surface area contributed by atoms with Crippen molar-refractivity contribution < 1.29 is 4.79 Å². The second kappa shape index (κ2) is 6.83. The number of halogens is 2. The Balaban J connectivity index is 1.95. The van der Waals surface area contributed by atoms with E-state index in [1.807, 2.05) is 32.0 Å². The van der Waals surface area contributed by atoms with Crippen molar-refractivity contribution in [2.24, 2.45) is 0 Å². The Morgan fingerprint density at radius 2 is 1.76 bits per heavy atom. The van der Waals surface area contributed by atoms with Crippen LogP contribution < -0.4 is 10.6 Å². The normalized spacial score (nSPS) is 10.3. The number of hydrogen-bond acceptors (Lipinski definition) is 2. The Bertz CT molecular complexity index is 671. The fourth-order valence-corrected chi connectivity index (χ4v) is 2.16. The molecule has 110 valence electrons. The van der Waals surface area contributed by atoms with Gasteiger partial charge in [-0.05, 0) is 49.2 Å². The third-order valence-corrected chi connectivity index (χ3v) is 3.74. The summed E-state index contributed by atoms with van der Waals surface area (Å²) in [5.74, 6) is -0.142. The Labute approximate surface area is 134 Å². The maximum absolute atomic E-state index is 12.0. The highest BCUT2D eigenvalue weighted by Crippen LogP contribution is 2.21. The zero-order valence-electron chi connectivity index (χ0n) is 11.8. The van der Waals surface area contributed by atoms with Crippen LogP contribution in [0.25, 0.3) is 0 Å². The highest BCUT2D eigenvalue weighted by molar-refractivity contribution is 6.31. The molecule has 0 bridgehead atoms. The Morgan fingerprint density at radius 1 is 1.05 bits per heavy atom. The van der Waals surface area contributed by atoms with Gasteiger partial charge in [0, 0.05) is 21.4 Å². The average Bonchev–Trinajstić information content (AvgIpc) is 2.44. The van der Waals surface area contributed by atoms with Crippen LogP contribution in [0.5, 0.6) is 0 Å². The number of amides is 1. The SMILES string of the molecule is Cc1ccc(NCC(=O)Nc2cc(Cl)ccc2C)cc1Cl. The van der Waals surface area contributed by atoms with Crippen molar-refractivity contribution in [2.45, 2.75) is 13.8 Å². The summed E-state index contributed by atoms with van der Waals surface area (Å²) in [5, 5.41) is 7.13. The molecule has 0 aliphatic carbocycles. The standard InChI is InChI=1S/C16H16Cl2N2O/c1-10-4-6-13(8-14(10)18)19-9-16(21)20-15-7-12(17)5-3-11(15)2/h3-8,19H,9H2,1-2H3,(H,20,21). The molecular formula is C16H16Cl2N2O. The van der Waals surface area contributed by atoms with Crippen molar-refractivity contribution >= 4 is 40.5 Å². The van der Waals surface area contributed by atoms with Gasteiger partial charge in [0.25, 0.3) is 0 Å². The molecule has 5 heteroatoms. The molecule has 0 aliphatic rings. The van der Waals surface area contributed by atoms with Crippen molar-refractivity contribution in [2.75, 3.05) is 17.2 Å². The first kappa shape index (κ1) is 15.7. The molecule has 0 heterocycles. The summed E-state index contributed by atoms with van der Waals surface area (Å²) in [6.07, 6.45) is 0. The number of carbonyl (C=O) groups is 1. The predicted octanol–water partition coefficient (Wildman–Crippen LogP) is 4.66. The van der Waals surface area contributed by atoms with Crippen LogP contribution in [0, 0.1) is 13.8 Å². The molecule has 2 N–H and O–H groups in total. The van der Waals surface area contributed by atoms with Gasteiger partial charge in [-0.1, -0.05) is 35.3 Å². The van der Waals surface area contributed by atoms with Crippen LogP contribution in [0.15, 0.2) is 36.4 Å². The molecule has 2 rings (SSSR count). The summed E-state index contributed by atoms with van der Waals surface area (Å²) in [5.41, 5.74) is 3.49. The van der Waals surface area contributed by atoms with Crippen LogP contribution in [0.1, 0.15) is 11.1 Å². The molecule has 0 spiro atoms. The van der Waals surface area contributed by atoms with Crippen molar-refractivity contribution in [3.05, 3.63) is 57.6 Å². The highest BCUT2D eigenvalue weighted by atomic mass is 35.5. The van der Waals surface area contributed by atoms with Gasteiger partial charge in [-0.3, -0.25) is 4.79 Å². The largest absolute Gasteiger partial charge is 0.376 e. The lowest BCUT2D eigenvalue weighted by atomic mass is 10.2. The molecule has 2 aromatic carbocycles. The van der Waals surface area contributed by atoms with E-state index in [1.165, 1.54) is 0 Å². The minimum Gasteiger partial charge on any atom is -0.376 e. The van der Waals surface area contributed by atoms with E-state index >= 15 is 0 Å². The van der Waals surface area contributed by atoms with E-state index in [9.17, 15) is 4.79 Å². The van der Waals surface area contributed by atoms with E-state index in [2.05, 4.69) is 10.6 Å². The first-order valence-corrected chi connectivity index (χ1v) is 7.27. The van der Waals surface area contributed by atoms with Crippen molar-refractivity contribution in [3.8, 4) is 0 Å². The van der Waals surface area contributed by atoms with Gasteiger partial charge in [0.05, 0.1) is 6.54 Å². The molecule has 0 unspecified atom stereocenters. The first-order valence-electron chi connectivity index (χ1n) is 6.52. The number of nitrogens with one attached hydrogen (secondary N) is 2. The van der Waals surface area contributed by atoms with E-state index in [0.29, 0.717) is 10.0 Å². The number of hydrogen-bond donors (Lipinski definition) is 2. The van der Waals surface area contributed by atoms with Crippen LogP contribution in [0.3, 0.4) is 0 Å². The van der Waals surface area contributed by atoms with Gasteiger partial charge in [0.2, 0.25) is 5.91 Å². The van der Waals surface area contributed by atoms with E-state index in [4.69, 9.17) is 23.2 Å². The summed E-state index contributed by atoms with van der Waals surface area (Å²) in [4.78, 5) is 12.0. The minimum absolute atomic E-state index is 0.142. The third kappa shape index (κ3) is 4.38. The molecule has 0 aromatic heterocycles. The summed E-state index contributed by atoms with van der Waals surface area (Å²) in [7, 11) is 0. The molecule has 0 saturated heterocycles. The number of rotatable bonds is 4. The van der Waals surface area contributed by atoms with E-state index < -0.39 is 0 Å². The van der Waals surface area contributed by atoms with Crippen molar-refractivity contribution in [1.29, 1.82) is 0 Å². The maximum atomic E-state index is 12.0. The lowest BCUT2D eigenvalue weighted by Crippen LogP contribution is -2.22. The average molecular weight is 323 g/mol. The molecule has 0 saturated carbocycles. The quantitative estimate of drug-likeness (QED) is 0.859. The molecule has 0 fully saturated rings. The first-order chi connectivity index (χ1) is 9.95. The molecule has 0 radical (unpaired) electrons. The number of benzene rings is 2. The zero-order chi connectivity index (χ0) is 15.4. The molecule has 2 aromatic rings. The van der Waals surface area contributed by atoms with E-state index in [0.717, 1.165) is 22.5 Å². The highest BCUT2D eigenvalue weighted by Gasteiger charge is 2.06.